The topological polar surface area (TPSA) is 92.4 Å². The number of ether oxygens (including phenoxy) is 1. The predicted molar refractivity (Wildman–Crippen MR) is 100 cm³/mol. The summed E-state index contributed by atoms with van der Waals surface area (Å²) in [4.78, 5) is 28.3. The summed E-state index contributed by atoms with van der Waals surface area (Å²) < 4.78 is 5.49. The van der Waals surface area contributed by atoms with Crippen molar-refractivity contribution in [1.29, 1.82) is 0 Å². The van der Waals surface area contributed by atoms with Crippen LogP contribution in [0.15, 0.2) is 29.6 Å². The van der Waals surface area contributed by atoms with Crippen LogP contribution in [0.4, 0.5) is 10.5 Å². The SMILES string of the molecule is Cc1nc(CNC(=O)Nc2ccc(C(=O)NC[C@@H]3CCCO3)cc2)cs1. The van der Waals surface area contributed by atoms with E-state index in [1.54, 1.807) is 35.6 Å². The molecule has 1 atom stereocenters. The van der Waals surface area contributed by atoms with Crippen LogP contribution >= 0.6 is 11.3 Å². The van der Waals surface area contributed by atoms with E-state index in [1.807, 2.05) is 12.3 Å². The summed E-state index contributed by atoms with van der Waals surface area (Å²) in [6, 6.07) is 6.46. The van der Waals surface area contributed by atoms with Crippen LogP contribution < -0.4 is 16.0 Å². The standard InChI is InChI=1S/C18H22N4O3S/c1-12-21-15(11-26-12)9-20-18(24)22-14-6-4-13(5-7-14)17(23)19-10-16-3-2-8-25-16/h4-7,11,16H,2-3,8-10H2,1H3,(H,19,23)(H2,20,22,24)/t16-/m0/s1. The molecule has 26 heavy (non-hydrogen) atoms. The number of amides is 3. The zero-order valence-corrected chi connectivity index (χ0v) is 15.4. The third kappa shape index (κ3) is 5.27. The van der Waals surface area contributed by atoms with Crippen LogP contribution in [-0.2, 0) is 11.3 Å². The second-order valence-corrected chi connectivity index (χ2v) is 7.15. The van der Waals surface area contributed by atoms with Crippen LogP contribution in [0.3, 0.4) is 0 Å². The fourth-order valence-electron chi connectivity index (χ4n) is 2.65. The van der Waals surface area contributed by atoms with Crippen molar-refractivity contribution in [2.75, 3.05) is 18.5 Å². The van der Waals surface area contributed by atoms with Crippen LogP contribution in [0.2, 0.25) is 0 Å². The van der Waals surface area contributed by atoms with E-state index in [9.17, 15) is 9.59 Å². The lowest BCUT2D eigenvalue weighted by Gasteiger charge is -2.11. The Hall–Kier alpha value is -2.45. The van der Waals surface area contributed by atoms with Crippen molar-refractivity contribution in [3.05, 3.63) is 45.9 Å². The molecule has 1 aliphatic rings. The summed E-state index contributed by atoms with van der Waals surface area (Å²) in [6.45, 7) is 3.59. The van der Waals surface area contributed by atoms with Crippen molar-refractivity contribution in [3.8, 4) is 0 Å². The van der Waals surface area contributed by atoms with Crippen LogP contribution in [-0.4, -0.2) is 36.2 Å². The van der Waals surface area contributed by atoms with Crippen molar-refractivity contribution in [2.24, 2.45) is 0 Å². The van der Waals surface area contributed by atoms with Gasteiger partial charge in [0.2, 0.25) is 0 Å². The number of anilines is 1. The molecule has 1 aromatic carbocycles. The number of hydrogen-bond acceptors (Lipinski definition) is 5. The van der Waals surface area contributed by atoms with Crippen LogP contribution in [0, 0.1) is 6.92 Å². The van der Waals surface area contributed by atoms with E-state index in [4.69, 9.17) is 4.74 Å². The van der Waals surface area contributed by atoms with Gasteiger partial charge in [-0.25, -0.2) is 9.78 Å². The maximum atomic E-state index is 12.1. The van der Waals surface area contributed by atoms with E-state index in [-0.39, 0.29) is 18.0 Å². The largest absolute Gasteiger partial charge is 0.376 e. The van der Waals surface area contributed by atoms with Gasteiger partial charge in [-0.3, -0.25) is 4.79 Å². The van der Waals surface area contributed by atoms with Crippen molar-refractivity contribution in [2.45, 2.75) is 32.4 Å². The molecule has 138 valence electrons. The van der Waals surface area contributed by atoms with Gasteiger partial charge in [-0.05, 0) is 44.0 Å². The van der Waals surface area contributed by atoms with Crippen molar-refractivity contribution in [3.63, 3.8) is 0 Å². The summed E-state index contributed by atoms with van der Waals surface area (Å²) in [5.74, 6) is -0.143. The molecule has 3 N–H and O–H groups in total. The highest BCUT2D eigenvalue weighted by atomic mass is 32.1. The Kier molecular flexibility index (Phi) is 6.19. The van der Waals surface area contributed by atoms with E-state index in [1.165, 1.54) is 0 Å². The Morgan fingerprint density at radius 2 is 2.08 bits per heavy atom. The lowest BCUT2D eigenvalue weighted by atomic mass is 10.2. The van der Waals surface area contributed by atoms with Gasteiger partial charge in [0.25, 0.3) is 5.91 Å². The molecule has 3 amide bonds. The second-order valence-electron chi connectivity index (χ2n) is 6.09. The quantitative estimate of drug-likeness (QED) is 0.725. The molecule has 2 heterocycles. The number of nitrogens with zero attached hydrogens (tertiary/aromatic N) is 1. The van der Waals surface area contributed by atoms with Gasteiger partial charge in [-0.1, -0.05) is 0 Å². The normalized spacial score (nSPS) is 16.3. The smallest absolute Gasteiger partial charge is 0.319 e. The van der Waals surface area contributed by atoms with Crippen molar-refractivity contribution < 1.29 is 14.3 Å². The maximum Gasteiger partial charge on any atom is 0.319 e. The van der Waals surface area contributed by atoms with Crippen LogP contribution in [0.1, 0.15) is 33.9 Å². The number of urea groups is 1. The molecular formula is C18H22N4O3S. The average molecular weight is 374 g/mol. The lowest BCUT2D eigenvalue weighted by molar-refractivity contribution is 0.0858. The fourth-order valence-corrected chi connectivity index (χ4v) is 3.27. The zero-order valence-electron chi connectivity index (χ0n) is 14.6. The first-order valence-electron chi connectivity index (χ1n) is 8.56. The van der Waals surface area contributed by atoms with Crippen LogP contribution in [0.5, 0.6) is 0 Å². The highest BCUT2D eigenvalue weighted by molar-refractivity contribution is 7.09. The number of carbonyl (C=O) groups excluding carboxylic acids is 2. The minimum Gasteiger partial charge on any atom is -0.376 e. The highest BCUT2D eigenvalue weighted by Crippen LogP contribution is 2.12. The Morgan fingerprint density at radius 3 is 2.73 bits per heavy atom. The number of carbonyl (C=O) groups is 2. The van der Waals surface area contributed by atoms with Gasteiger partial charge in [0.1, 0.15) is 0 Å². The molecule has 1 aliphatic heterocycles. The first kappa shape index (κ1) is 18.3. The third-order valence-electron chi connectivity index (χ3n) is 4.02. The maximum absolute atomic E-state index is 12.1. The summed E-state index contributed by atoms with van der Waals surface area (Å²) in [5, 5.41) is 11.2. The number of nitrogens with one attached hydrogen (secondary N) is 3. The molecule has 0 saturated carbocycles. The van der Waals surface area contributed by atoms with Crippen molar-refractivity contribution >= 4 is 29.0 Å². The third-order valence-corrected chi connectivity index (χ3v) is 4.84. The van der Waals surface area contributed by atoms with Gasteiger partial charge in [-0.15, -0.1) is 11.3 Å². The molecule has 1 saturated heterocycles. The molecule has 0 aliphatic carbocycles. The molecule has 8 heteroatoms. The van der Waals surface area contributed by atoms with E-state index < -0.39 is 0 Å². The summed E-state index contributed by atoms with van der Waals surface area (Å²) in [6.07, 6.45) is 2.15. The molecule has 2 aromatic rings. The molecule has 0 radical (unpaired) electrons. The second kappa shape index (κ2) is 8.77. The number of aromatic nitrogens is 1. The summed E-state index contributed by atoms with van der Waals surface area (Å²) in [7, 11) is 0. The van der Waals surface area contributed by atoms with Gasteiger partial charge in [0.15, 0.2) is 0 Å². The zero-order chi connectivity index (χ0) is 18.4. The molecule has 1 fully saturated rings. The summed E-state index contributed by atoms with van der Waals surface area (Å²) in [5.41, 5.74) is 2.00. The highest BCUT2D eigenvalue weighted by Gasteiger charge is 2.16. The number of aryl methyl sites for hydroxylation is 1. The van der Waals surface area contributed by atoms with Crippen LogP contribution in [0.25, 0.3) is 0 Å². The number of rotatable bonds is 6. The van der Waals surface area contributed by atoms with E-state index in [0.29, 0.717) is 24.3 Å². The average Bonchev–Trinajstić information content (AvgIpc) is 3.30. The number of hydrogen-bond donors (Lipinski definition) is 3. The minimum absolute atomic E-state index is 0.116. The minimum atomic E-state index is -0.314. The van der Waals surface area contributed by atoms with Crippen molar-refractivity contribution in [1.82, 2.24) is 15.6 Å². The number of thiazole rings is 1. The van der Waals surface area contributed by atoms with Gasteiger partial charge in [0.05, 0.1) is 23.4 Å². The summed E-state index contributed by atoms with van der Waals surface area (Å²) >= 11 is 1.55. The first-order chi connectivity index (χ1) is 12.6. The van der Waals surface area contributed by atoms with Gasteiger partial charge >= 0.3 is 6.03 Å². The van der Waals surface area contributed by atoms with Gasteiger partial charge in [0, 0.05) is 29.8 Å². The van der Waals surface area contributed by atoms with E-state index in [0.717, 1.165) is 30.2 Å². The predicted octanol–water partition coefficient (Wildman–Crippen LogP) is 2.68. The first-order valence-corrected chi connectivity index (χ1v) is 9.44. The molecule has 7 nitrogen and oxygen atoms in total. The van der Waals surface area contributed by atoms with Gasteiger partial charge in [-0.2, -0.15) is 0 Å². The Morgan fingerprint density at radius 1 is 1.27 bits per heavy atom. The molecule has 0 unspecified atom stereocenters. The molecule has 0 spiro atoms. The lowest BCUT2D eigenvalue weighted by Crippen LogP contribution is -2.31. The monoisotopic (exact) mass is 374 g/mol. The fraction of sp³-hybridized carbons (Fsp3) is 0.389. The van der Waals surface area contributed by atoms with E-state index in [2.05, 4.69) is 20.9 Å². The number of benzene rings is 1. The Bertz CT molecular complexity index is 754. The molecule has 0 bridgehead atoms. The Balaban J connectivity index is 1.44. The van der Waals surface area contributed by atoms with Gasteiger partial charge < -0.3 is 20.7 Å². The molecular weight excluding hydrogens is 352 g/mol. The Labute approximate surface area is 156 Å². The van der Waals surface area contributed by atoms with E-state index >= 15 is 0 Å². The molecule has 1 aromatic heterocycles. The molecule has 3 rings (SSSR count).